The van der Waals surface area contributed by atoms with E-state index in [0.717, 1.165) is 0 Å². The van der Waals surface area contributed by atoms with Crippen molar-refractivity contribution in [3.05, 3.63) is 0 Å². The van der Waals surface area contributed by atoms with E-state index in [1.807, 2.05) is 0 Å². The number of carboxylic acid groups (broad SMARTS) is 1. The quantitative estimate of drug-likeness (QED) is 0.362. The molecular weight excluding hydrogens is 190 g/mol. The standard InChI is InChI=1S/C8H15NO5/c10-7-9-2-5-13-3-1-4-14-6-8(11)12/h7H,1-6H2,(H,9,10)(H,11,12). The largest absolute Gasteiger partial charge is 0.480 e. The minimum atomic E-state index is -0.971. The van der Waals surface area contributed by atoms with Gasteiger partial charge in [-0.05, 0) is 6.42 Å². The van der Waals surface area contributed by atoms with Gasteiger partial charge in [0.1, 0.15) is 6.61 Å². The van der Waals surface area contributed by atoms with Crippen LogP contribution in [0.15, 0.2) is 0 Å². The molecule has 2 N–H and O–H groups in total. The van der Waals surface area contributed by atoms with Crippen molar-refractivity contribution in [1.82, 2.24) is 5.32 Å². The maximum atomic E-state index is 10.0. The van der Waals surface area contributed by atoms with Gasteiger partial charge in [0.2, 0.25) is 6.41 Å². The minimum Gasteiger partial charge on any atom is -0.480 e. The third-order valence-corrected chi connectivity index (χ3v) is 1.28. The van der Waals surface area contributed by atoms with Crippen molar-refractivity contribution < 1.29 is 24.2 Å². The molecule has 0 aliphatic carbocycles. The number of ether oxygens (including phenoxy) is 2. The molecule has 82 valence electrons. The average Bonchev–Trinajstić information content (AvgIpc) is 2.15. The molecule has 0 aliphatic heterocycles. The summed E-state index contributed by atoms with van der Waals surface area (Å²) in [4.78, 5) is 19.8. The third kappa shape index (κ3) is 10.9. The van der Waals surface area contributed by atoms with Gasteiger partial charge in [-0.2, -0.15) is 0 Å². The Morgan fingerprint density at radius 1 is 1.29 bits per heavy atom. The molecule has 0 saturated carbocycles. The van der Waals surface area contributed by atoms with Gasteiger partial charge >= 0.3 is 5.97 Å². The molecule has 0 heterocycles. The van der Waals surface area contributed by atoms with Gasteiger partial charge in [0.25, 0.3) is 0 Å². The molecule has 1 amide bonds. The summed E-state index contributed by atoms with van der Waals surface area (Å²) in [7, 11) is 0. The summed E-state index contributed by atoms with van der Waals surface area (Å²) in [6.07, 6.45) is 1.26. The number of nitrogens with one attached hydrogen (secondary N) is 1. The van der Waals surface area contributed by atoms with Gasteiger partial charge < -0.3 is 19.9 Å². The molecule has 0 rings (SSSR count). The second-order valence-electron chi connectivity index (χ2n) is 2.48. The fourth-order valence-electron chi connectivity index (χ4n) is 0.715. The van der Waals surface area contributed by atoms with Gasteiger partial charge in [0.15, 0.2) is 0 Å². The minimum absolute atomic E-state index is 0.271. The number of hydrogen-bond acceptors (Lipinski definition) is 4. The molecule has 0 bridgehead atoms. The normalized spacial score (nSPS) is 9.71. The molecule has 14 heavy (non-hydrogen) atoms. The summed E-state index contributed by atoms with van der Waals surface area (Å²) in [6.45, 7) is 1.54. The predicted octanol–water partition coefficient (Wildman–Crippen LogP) is -0.760. The Morgan fingerprint density at radius 3 is 2.64 bits per heavy atom. The highest BCUT2D eigenvalue weighted by Crippen LogP contribution is 1.84. The number of aliphatic carboxylic acids is 1. The SMILES string of the molecule is O=CNCCOCCCOCC(=O)O. The summed E-state index contributed by atoms with van der Waals surface area (Å²) in [5.41, 5.74) is 0. The Morgan fingerprint density at radius 2 is 2.00 bits per heavy atom. The summed E-state index contributed by atoms with van der Waals surface area (Å²) in [5, 5.41) is 10.7. The Balaban J connectivity index is 2.92. The Kier molecular flexibility index (Phi) is 9.13. The molecule has 0 spiro atoms. The molecule has 0 radical (unpaired) electrons. The zero-order valence-corrected chi connectivity index (χ0v) is 7.90. The number of amides is 1. The van der Waals surface area contributed by atoms with Crippen LogP contribution < -0.4 is 5.32 Å². The lowest BCUT2D eigenvalue weighted by molar-refractivity contribution is -0.142. The lowest BCUT2D eigenvalue weighted by Crippen LogP contribution is -2.18. The van der Waals surface area contributed by atoms with Crippen molar-refractivity contribution in [3.8, 4) is 0 Å². The molecule has 0 aromatic carbocycles. The average molecular weight is 205 g/mol. The molecule has 0 aromatic heterocycles. The van der Waals surface area contributed by atoms with Crippen LogP contribution in [0.1, 0.15) is 6.42 Å². The molecule has 0 fully saturated rings. The van der Waals surface area contributed by atoms with E-state index in [0.29, 0.717) is 39.2 Å². The smallest absolute Gasteiger partial charge is 0.329 e. The molecule has 0 atom stereocenters. The van der Waals surface area contributed by atoms with Gasteiger partial charge in [-0.3, -0.25) is 4.79 Å². The van der Waals surface area contributed by atoms with Gasteiger partial charge in [-0.1, -0.05) is 0 Å². The number of hydrogen-bond donors (Lipinski definition) is 2. The lowest BCUT2D eigenvalue weighted by Gasteiger charge is -2.03. The van der Waals surface area contributed by atoms with Crippen molar-refractivity contribution in [2.24, 2.45) is 0 Å². The van der Waals surface area contributed by atoms with Crippen LogP contribution in [0.5, 0.6) is 0 Å². The van der Waals surface area contributed by atoms with Crippen LogP contribution in [0.3, 0.4) is 0 Å². The molecule has 6 heteroatoms. The van der Waals surface area contributed by atoms with Crippen molar-refractivity contribution in [2.45, 2.75) is 6.42 Å². The van der Waals surface area contributed by atoms with Crippen molar-refractivity contribution in [3.63, 3.8) is 0 Å². The van der Waals surface area contributed by atoms with E-state index < -0.39 is 5.97 Å². The van der Waals surface area contributed by atoms with Crippen molar-refractivity contribution >= 4 is 12.4 Å². The summed E-state index contributed by atoms with van der Waals surface area (Å²) in [6, 6.07) is 0. The van der Waals surface area contributed by atoms with Gasteiger partial charge in [-0.15, -0.1) is 0 Å². The maximum Gasteiger partial charge on any atom is 0.329 e. The third-order valence-electron chi connectivity index (χ3n) is 1.28. The number of carbonyl (C=O) groups is 2. The zero-order valence-electron chi connectivity index (χ0n) is 7.90. The van der Waals surface area contributed by atoms with Crippen LogP contribution in [-0.4, -0.2) is 50.5 Å². The van der Waals surface area contributed by atoms with Crippen LogP contribution >= 0.6 is 0 Å². The van der Waals surface area contributed by atoms with Gasteiger partial charge in [0.05, 0.1) is 6.61 Å². The fourth-order valence-corrected chi connectivity index (χ4v) is 0.715. The van der Waals surface area contributed by atoms with Gasteiger partial charge in [-0.25, -0.2) is 4.79 Å². The maximum absolute atomic E-state index is 10.0. The number of carboxylic acids is 1. The first-order valence-electron chi connectivity index (χ1n) is 4.31. The highest BCUT2D eigenvalue weighted by atomic mass is 16.5. The predicted molar refractivity (Wildman–Crippen MR) is 48.0 cm³/mol. The molecule has 6 nitrogen and oxygen atoms in total. The van der Waals surface area contributed by atoms with E-state index in [9.17, 15) is 9.59 Å². The first kappa shape index (κ1) is 12.9. The zero-order chi connectivity index (χ0) is 10.6. The van der Waals surface area contributed by atoms with E-state index in [2.05, 4.69) is 5.32 Å². The topological polar surface area (TPSA) is 84.9 Å². The first-order chi connectivity index (χ1) is 6.77. The number of rotatable bonds is 10. The van der Waals surface area contributed by atoms with E-state index >= 15 is 0 Å². The van der Waals surface area contributed by atoms with Crippen LogP contribution in [0.25, 0.3) is 0 Å². The second kappa shape index (κ2) is 9.94. The van der Waals surface area contributed by atoms with Crippen LogP contribution in [0.2, 0.25) is 0 Å². The number of carbonyl (C=O) groups excluding carboxylic acids is 1. The van der Waals surface area contributed by atoms with E-state index in [1.54, 1.807) is 0 Å². The van der Waals surface area contributed by atoms with Crippen molar-refractivity contribution in [1.29, 1.82) is 0 Å². The lowest BCUT2D eigenvalue weighted by atomic mass is 10.5. The van der Waals surface area contributed by atoms with Gasteiger partial charge in [0, 0.05) is 19.8 Å². The van der Waals surface area contributed by atoms with E-state index in [-0.39, 0.29) is 6.61 Å². The molecular formula is C8H15NO5. The Labute approximate surface area is 82.2 Å². The monoisotopic (exact) mass is 205 g/mol. The Hall–Kier alpha value is -1.14. The van der Waals surface area contributed by atoms with Crippen LogP contribution in [0.4, 0.5) is 0 Å². The van der Waals surface area contributed by atoms with Crippen LogP contribution in [-0.2, 0) is 19.1 Å². The van der Waals surface area contributed by atoms with Crippen molar-refractivity contribution in [2.75, 3.05) is 33.0 Å². The summed E-state index contributed by atoms with van der Waals surface area (Å²) >= 11 is 0. The molecule has 0 unspecified atom stereocenters. The summed E-state index contributed by atoms with van der Waals surface area (Å²) in [5.74, 6) is -0.971. The Bertz CT molecular complexity index is 162. The summed E-state index contributed by atoms with van der Waals surface area (Å²) < 4.78 is 9.87. The fraction of sp³-hybridized carbons (Fsp3) is 0.750. The van der Waals surface area contributed by atoms with E-state index in [1.165, 1.54) is 0 Å². The van der Waals surface area contributed by atoms with Crippen LogP contribution in [0, 0.1) is 0 Å². The first-order valence-corrected chi connectivity index (χ1v) is 4.31. The highest BCUT2D eigenvalue weighted by molar-refractivity contribution is 5.67. The highest BCUT2D eigenvalue weighted by Gasteiger charge is 1.95. The molecule has 0 aromatic rings. The second-order valence-corrected chi connectivity index (χ2v) is 2.48. The molecule has 0 saturated heterocycles. The molecule has 0 aliphatic rings. The van der Waals surface area contributed by atoms with E-state index in [4.69, 9.17) is 14.6 Å².